The van der Waals surface area contributed by atoms with Crippen LogP contribution in [0.5, 0.6) is 0 Å². The first kappa shape index (κ1) is 13.9. The van der Waals surface area contributed by atoms with Crippen LogP contribution < -0.4 is 5.73 Å². The average Bonchev–Trinajstić information content (AvgIpc) is 2.96. The number of rotatable bonds is 5. The smallest absolute Gasteiger partial charge is 0.0951 e. The van der Waals surface area contributed by atoms with Crippen molar-refractivity contribution in [3.05, 3.63) is 18.2 Å². The summed E-state index contributed by atoms with van der Waals surface area (Å²) in [7, 11) is 0. The van der Waals surface area contributed by atoms with Gasteiger partial charge in [-0.15, -0.1) is 0 Å². The van der Waals surface area contributed by atoms with Crippen LogP contribution in [0.3, 0.4) is 0 Å². The van der Waals surface area contributed by atoms with Crippen molar-refractivity contribution in [2.75, 3.05) is 6.26 Å². The van der Waals surface area contributed by atoms with Gasteiger partial charge in [0.2, 0.25) is 0 Å². The van der Waals surface area contributed by atoms with Crippen molar-refractivity contribution in [3.63, 3.8) is 0 Å². The van der Waals surface area contributed by atoms with Crippen LogP contribution in [0, 0.1) is 5.92 Å². The summed E-state index contributed by atoms with van der Waals surface area (Å²) in [5.41, 5.74) is 7.55. The Bertz CT molecular complexity index is 375. The molecule has 1 aliphatic rings. The molecule has 0 amide bonds. The number of imidazole rings is 1. The fourth-order valence-electron chi connectivity index (χ4n) is 3.01. The summed E-state index contributed by atoms with van der Waals surface area (Å²) in [5.74, 6) is 0.628. The highest BCUT2D eigenvalue weighted by Crippen LogP contribution is 2.38. The highest BCUT2D eigenvalue weighted by Gasteiger charge is 2.30. The first-order valence-electron chi connectivity index (χ1n) is 6.93. The predicted octanol–water partition coefficient (Wildman–Crippen LogP) is 3.39. The van der Waals surface area contributed by atoms with Gasteiger partial charge in [0.1, 0.15) is 0 Å². The van der Waals surface area contributed by atoms with Crippen molar-refractivity contribution in [2.24, 2.45) is 11.7 Å². The van der Waals surface area contributed by atoms with E-state index in [4.69, 9.17) is 5.73 Å². The lowest BCUT2D eigenvalue weighted by atomic mass is 10.0. The van der Waals surface area contributed by atoms with E-state index in [0.29, 0.717) is 12.0 Å². The van der Waals surface area contributed by atoms with Crippen LogP contribution >= 0.6 is 11.8 Å². The molecular formula is C14H25N3S. The number of thioether (sulfide) groups is 1. The van der Waals surface area contributed by atoms with Gasteiger partial charge >= 0.3 is 0 Å². The summed E-state index contributed by atoms with van der Waals surface area (Å²) >= 11 is 1.98. The Morgan fingerprint density at radius 2 is 2.28 bits per heavy atom. The van der Waals surface area contributed by atoms with Crippen LogP contribution in [0.25, 0.3) is 0 Å². The number of nitrogens with two attached hydrogens (primary N) is 1. The summed E-state index contributed by atoms with van der Waals surface area (Å²) < 4.78 is 2.35. The second-order valence-electron chi connectivity index (χ2n) is 5.73. The Hall–Kier alpha value is -0.480. The highest BCUT2D eigenvalue weighted by molar-refractivity contribution is 7.99. The van der Waals surface area contributed by atoms with E-state index >= 15 is 0 Å². The molecule has 2 rings (SSSR count). The van der Waals surface area contributed by atoms with Crippen LogP contribution in [0.2, 0.25) is 0 Å². The largest absolute Gasteiger partial charge is 0.329 e. The van der Waals surface area contributed by atoms with Gasteiger partial charge < -0.3 is 10.3 Å². The molecule has 0 aromatic carbocycles. The molecule has 1 aromatic rings. The molecule has 0 aliphatic heterocycles. The number of nitrogens with zero attached hydrogens (tertiary/aromatic N) is 2. The molecule has 0 radical (unpaired) electrons. The van der Waals surface area contributed by atoms with Gasteiger partial charge in [0.15, 0.2) is 0 Å². The number of hydrogen-bond donors (Lipinski definition) is 1. The van der Waals surface area contributed by atoms with Gasteiger partial charge in [0.25, 0.3) is 0 Å². The Labute approximate surface area is 115 Å². The van der Waals surface area contributed by atoms with Crippen molar-refractivity contribution in [1.29, 1.82) is 0 Å². The molecule has 4 heteroatoms. The Kier molecular flexibility index (Phi) is 4.73. The van der Waals surface area contributed by atoms with E-state index in [9.17, 15) is 0 Å². The van der Waals surface area contributed by atoms with Gasteiger partial charge in [-0.1, -0.05) is 20.3 Å². The van der Waals surface area contributed by atoms with Gasteiger partial charge in [-0.25, -0.2) is 4.98 Å². The van der Waals surface area contributed by atoms with E-state index < -0.39 is 0 Å². The summed E-state index contributed by atoms with van der Waals surface area (Å²) in [6.45, 7) is 4.45. The summed E-state index contributed by atoms with van der Waals surface area (Å²) in [4.78, 5) is 4.34. The minimum Gasteiger partial charge on any atom is -0.329 e. The van der Waals surface area contributed by atoms with Crippen molar-refractivity contribution >= 4 is 11.8 Å². The van der Waals surface area contributed by atoms with Crippen molar-refractivity contribution in [3.8, 4) is 0 Å². The van der Waals surface area contributed by atoms with E-state index in [1.54, 1.807) is 0 Å². The molecule has 0 saturated heterocycles. The molecule has 0 spiro atoms. The zero-order chi connectivity index (χ0) is 13.1. The number of aromatic nitrogens is 2. The normalized spacial score (nSPS) is 25.8. The molecule has 1 aromatic heterocycles. The fraction of sp³-hybridized carbons (Fsp3) is 0.786. The SMILES string of the molecule is CSC1CCCC1n1cncc1C(N)CC(C)C. The standard InChI is InChI=1S/C14H25N3S/c1-10(2)7-11(15)13-8-16-9-17(13)12-5-4-6-14(12)18-3/h8-12,14H,4-7,15H2,1-3H3. The second-order valence-corrected chi connectivity index (χ2v) is 6.81. The minimum absolute atomic E-state index is 0.121. The molecule has 102 valence electrons. The maximum atomic E-state index is 6.33. The van der Waals surface area contributed by atoms with E-state index in [2.05, 4.69) is 29.7 Å². The monoisotopic (exact) mass is 267 g/mol. The maximum absolute atomic E-state index is 6.33. The van der Waals surface area contributed by atoms with E-state index in [0.717, 1.165) is 11.7 Å². The molecule has 0 bridgehead atoms. The first-order chi connectivity index (χ1) is 8.63. The molecular weight excluding hydrogens is 242 g/mol. The third kappa shape index (κ3) is 2.91. The zero-order valence-corrected chi connectivity index (χ0v) is 12.5. The Morgan fingerprint density at radius 3 is 2.94 bits per heavy atom. The van der Waals surface area contributed by atoms with Gasteiger partial charge in [-0.05, 0) is 31.4 Å². The molecule has 18 heavy (non-hydrogen) atoms. The van der Waals surface area contributed by atoms with E-state index in [1.165, 1.54) is 25.0 Å². The maximum Gasteiger partial charge on any atom is 0.0951 e. The van der Waals surface area contributed by atoms with Crippen LogP contribution in [0.4, 0.5) is 0 Å². The lowest BCUT2D eigenvalue weighted by molar-refractivity contribution is 0.449. The van der Waals surface area contributed by atoms with Crippen LogP contribution in [0.1, 0.15) is 57.3 Å². The molecule has 2 N–H and O–H groups in total. The molecule has 1 fully saturated rings. The van der Waals surface area contributed by atoms with Crippen molar-refractivity contribution < 1.29 is 0 Å². The second kappa shape index (κ2) is 6.11. The fourth-order valence-corrected chi connectivity index (χ4v) is 3.99. The summed E-state index contributed by atoms with van der Waals surface area (Å²) in [6, 6.07) is 0.714. The zero-order valence-electron chi connectivity index (χ0n) is 11.7. The van der Waals surface area contributed by atoms with Crippen LogP contribution in [-0.4, -0.2) is 21.1 Å². The van der Waals surface area contributed by atoms with Crippen molar-refractivity contribution in [2.45, 2.75) is 56.9 Å². The Balaban J connectivity index is 2.16. The molecule has 3 nitrogen and oxygen atoms in total. The van der Waals surface area contributed by atoms with Gasteiger partial charge in [-0.3, -0.25) is 0 Å². The predicted molar refractivity (Wildman–Crippen MR) is 78.8 cm³/mol. The quantitative estimate of drug-likeness (QED) is 0.889. The lowest BCUT2D eigenvalue weighted by Crippen LogP contribution is -2.22. The third-order valence-electron chi connectivity index (χ3n) is 3.88. The summed E-state index contributed by atoms with van der Waals surface area (Å²) in [5, 5.41) is 0.726. The lowest BCUT2D eigenvalue weighted by Gasteiger charge is -2.24. The summed E-state index contributed by atoms with van der Waals surface area (Å²) in [6.07, 6.45) is 11.1. The highest BCUT2D eigenvalue weighted by atomic mass is 32.2. The van der Waals surface area contributed by atoms with E-state index in [1.807, 2.05) is 24.3 Å². The molecule has 1 aliphatic carbocycles. The average molecular weight is 267 g/mol. The van der Waals surface area contributed by atoms with E-state index in [-0.39, 0.29) is 6.04 Å². The van der Waals surface area contributed by atoms with Crippen LogP contribution in [0.15, 0.2) is 12.5 Å². The van der Waals surface area contributed by atoms with Crippen LogP contribution in [-0.2, 0) is 0 Å². The first-order valence-corrected chi connectivity index (χ1v) is 8.22. The third-order valence-corrected chi connectivity index (χ3v) is 5.03. The molecule has 3 unspecified atom stereocenters. The topological polar surface area (TPSA) is 43.8 Å². The molecule has 1 saturated carbocycles. The van der Waals surface area contributed by atoms with Gasteiger partial charge in [-0.2, -0.15) is 11.8 Å². The molecule has 3 atom stereocenters. The minimum atomic E-state index is 0.121. The Morgan fingerprint density at radius 1 is 1.50 bits per heavy atom. The van der Waals surface area contributed by atoms with Gasteiger partial charge in [0, 0.05) is 23.5 Å². The number of hydrogen-bond acceptors (Lipinski definition) is 3. The van der Waals surface area contributed by atoms with Crippen molar-refractivity contribution in [1.82, 2.24) is 9.55 Å². The molecule has 1 heterocycles. The van der Waals surface area contributed by atoms with Gasteiger partial charge in [0.05, 0.1) is 12.0 Å².